The minimum absolute atomic E-state index is 0.126. The zero-order chi connectivity index (χ0) is 12.7. The lowest BCUT2D eigenvalue weighted by Gasteiger charge is -2.43. The van der Waals surface area contributed by atoms with E-state index < -0.39 is 0 Å². The van der Waals surface area contributed by atoms with Crippen molar-refractivity contribution in [2.45, 2.75) is 19.4 Å². The fourth-order valence-electron chi connectivity index (χ4n) is 2.15. The summed E-state index contributed by atoms with van der Waals surface area (Å²) in [5.41, 5.74) is 5.92. The minimum Gasteiger partial charge on any atom is -0.395 e. The van der Waals surface area contributed by atoms with Crippen molar-refractivity contribution in [1.29, 1.82) is 0 Å². The molecule has 0 aromatic rings. The molecule has 0 bridgehead atoms. The number of aliphatic hydroxyl groups is 1. The third-order valence-corrected chi connectivity index (χ3v) is 3.62. The van der Waals surface area contributed by atoms with Gasteiger partial charge in [-0.2, -0.15) is 0 Å². The number of rotatable bonds is 7. The van der Waals surface area contributed by atoms with Gasteiger partial charge in [0.25, 0.3) is 0 Å². The summed E-state index contributed by atoms with van der Waals surface area (Å²) in [6, 6.07) is 0. The van der Waals surface area contributed by atoms with E-state index in [1.54, 1.807) is 0 Å². The number of hydrogen-bond acceptors (Lipinski definition) is 5. The van der Waals surface area contributed by atoms with E-state index in [2.05, 4.69) is 29.0 Å². The van der Waals surface area contributed by atoms with Gasteiger partial charge in [0, 0.05) is 57.9 Å². The molecule has 1 saturated heterocycles. The van der Waals surface area contributed by atoms with Gasteiger partial charge in [-0.25, -0.2) is 0 Å². The number of aliphatic hydroxyl groups excluding tert-OH is 1. The third-order valence-electron chi connectivity index (χ3n) is 3.62. The van der Waals surface area contributed by atoms with Gasteiger partial charge in [0.2, 0.25) is 0 Å². The molecule has 4 N–H and O–H groups in total. The summed E-state index contributed by atoms with van der Waals surface area (Å²) in [4.78, 5) is 4.94. The molecule has 5 nitrogen and oxygen atoms in total. The lowest BCUT2D eigenvalue weighted by molar-refractivity contribution is 0.0572. The number of nitrogens with one attached hydrogen (secondary N) is 1. The molecule has 0 aromatic heterocycles. The van der Waals surface area contributed by atoms with Gasteiger partial charge in [-0.3, -0.25) is 9.80 Å². The van der Waals surface area contributed by atoms with Crippen LogP contribution in [0, 0.1) is 0 Å². The van der Waals surface area contributed by atoms with Gasteiger partial charge in [-0.1, -0.05) is 0 Å². The smallest absolute Gasteiger partial charge is 0.0555 e. The predicted octanol–water partition coefficient (Wildman–Crippen LogP) is -1.08. The Bertz CT molecular complexity index is 203. The average molecular weight is 244 g/mol. The summed E-state index contributed by atoms with van der Waals surface area (Å²) in [5.74, 6) is 0. The van der Waals surface area contributed by atoms with Crippen LogP contribution in [0.25, 0.3) is 0 Å². The molecule has 0 saturated carbocycles. The number of hydrogen-bond donors (Lipinski definition) is 3. The lowest BCUT2D eigenvalue weighted by atomic mass is 10.0. The van der Waals surface area contributed by atoms with Crippen molar-refractivity contribution in [2.24, 2.45) is 5.73 Å². The van der Waals surface area contributed by atoms with Crippen molar-refractivity contribution < 1.29 is 5.11 Å². The second-order valence-electron chi connectivity index (χ2n) is 5.32. The van der Waals surface area contributed by atoms with Gasteiger partial charge < -0.3 is 16.2 Å². The van der Waals surface area contributed by atoms with E-state index in [1.165, 1.54) is 0 Å². The topological polar surface area (TPSA) is 64.8 Å². The monoisotopic (exact) mass is 244 g/mol. The van der Waals surface area contributed by atoms with Crippen LogP contribution in [0.4, 0.5) is 0 Å². The molecule has 1 aliphatic heterocycles. The van der Waals surface area contributed by atoms with E-state index >= 15 is 0 Å². The normalized spacial score (nSPS) is 19.8. The maximum absolute atomic E-state index is 8.66. The van der Waals surface area contributed by atoms with Crippen LogP contribution in [-0.4, -0.2) is 79.4 Å². The van der Waals surface area contributed by atoms with Crippen LogP contribution in [0.1, 0.15) is 13.8 Å². The second-order valence-corrected chi connectivity index (χ2v) is 5.32. The Morgan fingerprint density at radius 3 is 2.35 bits per heavy atom. The molecule has 0 aromatic carbocycles. The Balaban J connectivity index is 2.17. The lowest BCUT2D eigenvalue weighted by Crippen LogP contribution is -2.57. The van der Waals surface area contributed by atoms with Crippen molar-refractivity contribution in [3.8, 4) is 0 Å². The zero-order valence-corrected chi connectivity index (χ0v) is 11.3. The van der Waals surface area contributed by atoms with Crippen LogP contribution in [-0.2, 0) is 0 Å². The zero-order valence-electron chi connectivity index (χ0n) is 11.3. The van der Waals surface area contributed by atoms with Gasteiger partial charge in [-0.15, -0.1) is 0 Å². The van der Waals surface area contributed by atoms with E-state index in [-0.39, 0.29) is 12.1 Å². The van der Waals surface area contributed by atoms with E-state index in [9.17, 15) is 0 Å². The fourth-order valence-corrected chi connectivity index (χ4v) is 2.15. The van der Waals surface area contributed by atoms with E-state index in [0.29, 0.717) is 13.1 Å². The molecule has 0 unspecified atom stereocenters. The summed E-state index contributed by atoms with van der Waals surface area (Å²) >= 11 is 0. The SMILES string of the molecule is CC(C)(CN)N1CCN(CCNCCO)CC1. The first-order chi connectivity index (χ1) is 8.10. The van der Waals surface area contributed by atoms with Crippen molar-refractivity contribution in [3.05, 3.63) is 0 Å². The summed E-state index contributed by atoms with van der Waals surface area (Å²) < 4.78 is 0. The Hall–Kier alpha value is -0.200. The van der Waals surface area contributed by atoms with Crippen molar-refractivity contribution in [2.75, 3.05) is 59.0 Å². The van der Waals surface area contributed by atoms with Gasteiger partial charge in [0.15, 0.2) is 0 Å². The van der Waals surface area contributed by atoms with Gasteiger partial charge in [-0.05, 0) is 13.8 Å². The Kier molecular flexibility index (Phi) is 6.37. The van der Waals surface area contributed by atoms with E-state index in [1.807, 2.05) is 0 Å². The summed E-state index contributed by atoms with van der Waals surface area (Å²) in [7, 11) is 0. The average Bonchev–Trinajstić information content (AvgIpc) is 2.35. The van der Waals surface area contributed by atoms with Crippen molar-refractivity contribution >= 4 is 0 Å². The highest BCUT2D eigenvalue weighted by Gasteiger charge is 2.28. The van der Waals surface area contributed by atoms with Crippen LogP contribution >= 0.6 is 0 Å². The van der Waals surface area contributed by atoms with Crippen LogP contribution < -0.4 is 11.1 Å². The van der Waals surface area contributed by atoms with Crippen molar-refractivity contribution in [1.82, 2.24) is 15.1 Å². The highest BCUT2D eigenvalue weighted by Crippen LogP contribution is 2.15. The first-order valence-corrected chi connectivity index (χ1v) is 6.59. The summed E-state index contributed by atoms with van der Waals surface area (Å²) in [6.45, 7) is 12.5. The Morgan fingerprint density at radius 1 is 1.18 bits per heavy atom. The van der Waals surface area contributed by atoms with Crippen LogP contribution in [0.3, 0.4) is 0 Å². The molecule has 1 fully saturated rings. The highest BCUT2D eigenvalue weighted by atomic mass is 16.3. The maximum Gasteiger partial charge on any atom is 0.0555 e. The molecular weight excluding hydrogens is 216 g/mol. The van der Waals surface area contributed by atoms with Crippen molar-refractivity contribution in [3.63, 3.8) is 0 Å². The maximum atomic E-state index is 8.66. The van der Waals surface area contributed by atoms with E-state index in [4.69, 9.17) is 10.8 Å². The van der Waals surface area contributed by atoms with Crippen LogP contribution in [0.2, 0.25) is 0 Å². The fraction of sp³-hybridized carbons (Fsp3) is 1.00. The molecule has 0 amide bonds. The molecule has 102 valence electrons. The minimum atomic E-state index is 0.126. The van der Waals surface area contributed by atoms with Gasteiger partial charge >= 0.3 is 0 Å². The number of nitrogens with two attached hydrogens (primary N) is 1. The van der Waals surface area contributed by atoms with Gasteiger partial charge in [0.05, 0.1) is 6.61 Å². The Labute approximate surface area is 105 Å². The summed E-state index contributed by atoms with van der Waals surface area (Å²) in [6.07, 6.45) is 0. The number of nitrogens with zero attached hydrogens (tertiary/aromatic N) is 2. The van der Waals surface area contributed by atoms with E-state index in [0.717, 1.165) is 39.3 Å². The van der Waals surface area contributed by atoms with Crippen LogP contribution in [0.15, 0.2) is 0 Å². The quantitative estimate of drug-likeness (QED) is 0.497. The number of piperazine rings is 1. The first kappa shape index (κ1) is 14.9. The molecule has 0 spiro atoms. The van der Waals surface area contributed by atoms with Crippen LogP contribution in [0.5, 0.6) is 0 Å². The predicted molar refractivity (Wildman–Crippen MR) is 71.1 cm³/mol. The molecule has 0 aliphatic carbocycles. The Morgan fingerprint density at radius 2 is 1.82 bits per heavy atom. The molecule has 1 aliphatic rings. The second kappa shape index (κ2) is 7.28. The first-order valence-electron chi connectivity index (χ1n) is 6.59. The molecule has 1 heterocycles. The highest BCUT2D eigenvalue weighted by molar-refractivity contribution is 4.86. The molecule has 0 radical (unpaired) electrons. The third kappa shape index (κ3) is 4.89. The standard InChI is InChI=1S/C12H28N4O/c1-12(2,11-13)16-8-6-15(7-9-16)5-3-14-4-10-17/h14,17H,3-11,13H2,1-2H3. The van der Waals surface area contributed by atoms with Gasteiger partial charge in [0.1, 0.15) is 0 Å². The molecular formula is C12H28N4O. The summed E-state index contributed by atoms with van der Waals surface area (Å²) in [5, 5.41) is 11.9. The molecule has 17 heavy (non-hydrogen) atoms. The molecule has 5 heteroatoms. The molecule has 0 atom stereocenters. The largest absolute Gasteiger partial charge is 0.395 e. The molecule has 1 rings (SSSR count).